The number of aliphatic imine (C=N–C) groups is 1. The molecule has 0 amide bonds. The lowest BCUT2D eigenvalue weighted by Gasteiger charge is -2.28. The lowest BCUT2D eigenvalue weighted by molar-refractivity contribution is 0.122. The first-order valence-electron chi connectivity index (χ1n) is 10.3. The first-order chi connectivity index (χ1) is 13.3. The van der Waals surface area contributed by atoms with Gasteiger partial charge in [-0.2, -0.15) is 0 Å². The van der Waals surface area contributed by atoms with Gasteiger partial charge in [0.05, 0.1) is 19.8 Å². The van der Waals surface area contributed by atoms with E-state index in [1.54, 1.807) is 0 Å². The fraction of sp³-hybridized carbons (Fsp3) is 0.667. The van der Waals surface area contributed by atoms with Gasteiger partial charge in [0.25, 0.3) is 0 Å². The summed E-state index contributed by atoms with van der Waals surface area (Å²) >= 11 is 0. The monoisotopic (exact) mass is 376 g/mol. The number of benzene rings is 1. The van der Waals surface area contributed by atoms with Crippen LogP contribution >= 0.6 is 0 Å². The van der Waals surface area contributed by atoms with Crippen molar-refractivity contribution < 1.29 is 9.84 Å². The Bertz CT molecular complexity index is 536. The zero-order valence-electron chi connectivity index (χ0n) is 16.9. The highest BCUT2D eigenvalue weighted by Crippen LogP contribution is 2.17. The van der Waals surface area contributed by atoms with E-state index in [4.69, 9.17) is 9.73 Å². The quantitative estimate of drug-likeness (QED) is 0.432. The van der Waals surface area contributed by atoms with Gasteiger partial charge in [-0.25, -0.2) is 4.99 Å². The summed E-state index contributed by atoms with van der Waals surface area (Å²) in [5.74, 6) is 1.32. The van der Waals surface area contributed by atoms with Crippen LogP contribution in [-0.2, 0) is 11.3 Å². The van der Waals surface area contributed by atoms with Crippen LogP contribution in [0.4, 0.5) is 5.69 Å². The number of hydrogen-bond acceptors (Lipinski definition) is 4. The van der Waals surface area contributed by atoms with E-state index >= 15 is 0 Å². The van der Waals surface area contributed by atoms with Crippen LogP contribution in [0.3, 0.4) is 0 Å². The lowest BCUT2D eigenvalue weighted by Crippen LogP contribution is -2.40. The largest absolute Gasteiger partial charge is 0.396 e. The second kappa shape index (κ2) is 12.6. The fourth-order valence-corrected chi connectivity index (χ4v) is 3.33. The van der Waals surface area contributed by atoms with Crippen molar-refractivity contribution in [3.05, 3.63) is 29.8 Å². The molecule has 1 aliphatic heterocycles. The van der Waals surface area contributed by atoms with Crippen LogP contribution in [0.1, 0.15) is 38.7 Å². The Kier molecular flexibility index (Phi) is 10.0. The number of nitrogens with one attached hydrogen (secondary N) is 2. The van der Waals surface area contributed by atoms with Crippen LogP contribution in [0.15, 0.2) is 29.3 Å². The Morgan fingerprint density at radius 3 is 2.52 bits per heavy atom. The van der Waals surface area contributed by atoms with Crippen LogP contribution in [0.25, 0.3) is 0 Å². The Labute approximate surface area is 164 Å². The molecule has 2 rings (SSSR count). The van der Waals surface area contributed by atoms with Crippen molar-refractivity contribution in [1.29, 1.82) is 0 Å². The first-order valence-corrected chi connectivity index (χ1v) is 10.3. The summed E-state index contributed by atoms with van der Waals surface area (Å²) < 4.78 is 5.42. The highest BCUT2D eigenvalue weighted by atomic mass is 16.5. The molecule has 1 aliphatic rings. The van der Waals surface area contributed by atoms with Crippen LogP contribution < -0.4 is 15.5 Å². The summed E-state index contributed by atoms with van der Waals surface area (Å²) in [6.45, 7) is 10.4. The second-order valence-electron chi connectivity index (χ2n) is 7.01. The summed E-state index contributed by atoms with van der Waals surface area (Å²) in [6.07, 6.45) is 3.09. The van der Waals surface area contributed by atoms with Gasteiger partial charge in [0, 0.05) is 38.5 Å². The zero-order valence-corrected chi connectivity index (χ0v) is 16.9. The van der Waals surface area contributed by atoms with Crippen LogP contribution in [0.5, 0.6) is 0 Å². The molecule has 0 bridgehead atoms. The minimum atomic E-state index is 0.246. The maximum Gasteiger partial charge on any atom is 0.191 e. The molecule has 1 fully saturated rings. The molecule has 1 saturated heterocycles. The standard InChI is InChI=1S/C21H36N4O2/c1-3-5-18(10-13-26)16-23-21(22-4-2)24-17-19-6-8-20(9-7-19)25-11-14-27-15-12-25/h6-9,18,26H,3-5,10-17H2,1-2H3,(H2,22,23,24). The summed E-state index contributed by atoms with van der Waals surface area (Å²) in [6, 6.07) is 8.66. The normalized spacial score (nSPS) is 16.3. The van der Waals surface area contributed by atoms with Crippen molar-refractivity contribution in [2.24, 2.45) is 10.9 Å². The van der Waals surface area contributed by atoms with E-state index in [9.17, 15) is 5.11 Å². The number of morpholine rings is 1. The smallest absolute Gasteiger partial charge is 0.191 e. The average Bonchev–Trinajstić information content (AvgIpc) is 2.71. The second-order valence-corrected chi connectivity index (χ2v) is 7.01. The fourth-order valence-electron chi connectivity index (χ4n) is 3.33. The highest BCUT2D eigenvalue weighted by molar-refractivity contribution is 5.79. The van der Waals surface area contributed by atoms with Gasteiger partial charge in [-0.1, -0.05) is 25.5 Å². The zero-order chi connectivity index (χ0) is 19.3. The molecule has 0 spiro atoms. The minimum absolute atomic E-state index is 0.246. The Morgan fingerprint density at radius 1 is 1.15 bits per heavy atom. The lowest BCUT2D eigenvalue weighted by atomic mass is 10.0. The minimum Gasteiger partial charge on any atom is -0.396 e. The average molecular weight is 377 g/mol. The first kappa shape index (κ1) is 21.5. The van der Waals surface area contributed by atoms with E-state index in [-0.39, 0.29) is 6.61 Å². The number of anilines is 1. The number of guanidine groups is 1. The Morgan fingerprint density at radius 2 is 1.89 bits per heavy atom. The SMILES string of the molecule is CCCC(CCO)CNC(=NCc1ccc(N2CCOCC2)cc1)NCC. The van der Waals surface area contributed by atoms with E-state index in [0.717, 1.165) is 64.6 Å². The Hall–Kier alpha value is -1.79. The van der Waals surface area contributed by atoms with Crippen LogP contribution in [-0.4, -0.2) is 57.1 Å². The van der Waals surface area contributed by atoms with Gasteiger partial charge in [-0.3, -0.25) is 0 Å². The van der Waals surface area contributed by atoms with E-state index in [0.29, 0.717) is 12.5 Å². The van der Waals surface area contributed by atoms with Crippen molar-refractivity contribution in [3.8, 4) is 0 Å². The summed E-state index contributed by atoms with van der Waals surface area (Å²) in [7, 11) is 0. The maximum absolute atomic E-state index is 9.22. The van der Waals surface area contributed by atoms with Gasteiger partial charge in [0.15, 0.2) is 5.96 Å². The molecule has 152 valence electrons. The van der Waals surface area contributed by atoms with E-state index in [1.165, 1.54) is 11.3 Å². The van der Waals surface area contributed by atoms with Crippen molar-refractivity contribution in [3.63, 3.8) is 0 Å². The molecule has 6 heteroatoms. The molecule has 1 atom stereocenters. The van der Waals surface area contributed by atoms with Crippen molar-refractivity contribution in [2.45, 2.75) is 39.7 Å². The van der Waals surface area contributed by atoms with Gasteiger partial charge in [0.1, 0.15) is 0 Å². The topological polar surface area (TPSA) is 69.1 Å². The van der Waals surface area contributed by atoms with Crippen LogP contribution in [0, 0.1) is 5.92 Å². The molecule has 3 N–H and O–H groups in total. The van der Waals surface area contributed by atoms with E-state index in [2.05, 4.69) is 53.6 Å². The van der Waals surface area contributed by atoms with Crippen molar-refractivity contribution >= 4 is 11.6 Å². The number of aliphatic hydroxyl groups is 1. The molecule has 0 radical (unpaired) electrons. The number of rotatable bonds is 10. The molecule has 1 heterocycles. The molecule has 6 nitrogen and oxygen atoms in total. The predicted molar refractivity (Wildman–Crippen MR) is 112 cm³/mol. The third kappa shape index (κ3) is 7.77. The molecule has 1 unspecified atom stereocenters. The third-order valence-corrected chi connectivity index (χ3v) is 4.87. The highest BCUT2D eigenvalue weighted by Gasteiger charge is 2.11. The number of nitrogens with zero attached hydrogens (tertiary/aromatic N) is 2. The van der Waals surface area contributed by atoms with E-state index < -0.39 is 0 Å². The summed E-state index contributed by atoms with van der Waals surface area (Å²) in [5, 5.41) is 16.0. The number of hydrogen-bond donors (Lipinski definition) is 3. The Balaban J connectivity index is 1.89. The summed E-state index contributed by atoms with van der Waals surface area (Å²) in [5.41, 5.74) is 2.45. The van der Waals surface area contributed by atoms with E-state index in [1.807, 2.05) is 0 Å². The molecule has 0 aliphatic carbocycles. The number of ether oxygens (including phenoxy) is 1. The molecular weight excluding hydrogens is 340 g/mol. The maximum atomic E-state index is 9.22. The third-order valence-electron chi connectivity index (χ3n) is 4.87. The molecule has 0 aromatic heterocycles. The van der Waals surface area contributed by atoms with Gasteiger partial charge in [0.2, 0.25) is 0 Å². The summed E-state index contributed by atoms with van der Waals surface area (Å²) in [4.78, 5) is 7.07. The van der Waals surface area contributed by atoms with Gasteiger partial charge in [-0.15, -0.1) is 0 Å². The molecular formula is C21H36N4O2. The molecule has 0 saturated carbocycles. The predicted octanol–water partition coefficient (Wildman–Crippen LogP) is 2.38. The van der Waals surface area contributed by atoms with Gasteiger partial charge in [-0.05, 0) is 43.4 Å². The van der Waals surface area contributed by atoms with Gasteiger partial charge < -0.3 is 25.4 Å². The van der Waals surface area contributed by atoms with Crippen molar-refractivity contribution in [2.75, 3.05) is 50.9 Å². The molecule has 27 heavy (non-hydrogen) atoms. The van der Waals surface area contributed by atoms with Crippen LogP contribution in [0.2, 0.25) is 0 Å². The molecule has 1 aromatic carbocycles. The number of aliphatic hydroxyl groups excluding tert-OH is 1. The molecule has 1 aromatic rings. The van der Waals surface area contributed by atoms with Gasteiger partial charge >= 0.3 is 0 Å². The van der Waals surface area contributed by atoms with Crippen molar-refractivity contribution in [1.82, 2.24) is 10.6 Å².